The number of ketones is 1. The molecule has 0 bridgehead atoms. The van der Waals surface area contributed by atoms with Gasteiger partial charge in [-0.2, -0.15) is 0 Å². The Morgan fingerprint density at radius 2 is 1.31 bits per heavy atom. The molecule has 0 fully saturated rings. The molecule has 0 heterocycles. The fraction of sp³-hybridized carbons (Fsp3) is 0.960. The summed E-state index contributed by atoms with van der Waals surface area (Å²) in [6.07, 6.45) is 0.952. The van der Waals surface area contributed by atoms with Gasteiger partial charge in [0.1, 0.15) is 5.78 Å². The van der Waals surface area contributed by atoms with Crippen LogP contribution < -0.4 is 5.32 Å². The van der Waals surface area contributed by atoms with E-state index in [0.717, 1.165) is 6.42 Å². The summed E-state index contributed by atoms with van der Waals surface area (Å²) in [4.78, 5) is 13.0. The Hall–Kier alpha value is 0.320. The van der Waals surface area contributed by atoms with E-state index in [1.165, 1.54) is 0 Å². The molecule has 0 radical (unpaired) electrons. The summed E-state index contributed by atoms with van der Waals surface area (Å²) in [5.41, 5.74) is -0.0805. The molecule has 0 aliphatic heterocycles. The predicted octanol–water partition coefficient (Wildman–Crippen LogP) is 7.13. The fourth-order valence-electron chi connectivity index (χ4n) is 4.52. The quantitative estimate of drug-likeness (QED) is 0.258. The topological polar surface area (TPSA) is 32.3 Å². The second kappa shape index (κ2) is 10.8. The van der Waals surface area contributed by atoms with Crippen molar-refractivity contribution < 1.29 is 4.79 Å². The van der Waals surface area contributed by atoms with E-state index >= 15 is 0 Å². The number of carbonyl (C=O) groups excluding carboxylic acids is 1. The van der Waals surface area contributed by atoms with Crippen LogP contribution in [0.25, 0.3) is 0 Å². The first-order chi connectivity index (χ1) is 12.7. The van der Waals surface area contributed by atoms with Crippen LogP contribution in [0, 0.1) is 29.1 Å². The van der Waals surface area contributed by atoms with E-state index in [2.05, 4.69) is 107 Å². The van der Waals surface area contributed by atoms with Crippen LogP contribution >= 0.6 is 22.9 Å². The monoisotopic (exact) mass is 522 g/mol. The highest BCUT2D eigenvalue weighted by molar-refractivity contribution is 14.1. The van der Waals surface area contributed by atoms with Crippen molar-refractivity contribution in [2.75, 3.05) is 0 Å². The van der Waals surface area contributed by atoms with Gasteiger partial charge in [0.25, 0.3) is 0 Å². The van der Waals surface area contributed by atoms with Gasteiger partial charge in [-0.1, -0.05) is 41.5 Å². The molecule has 0 rings (SSSR count). The van der Waals surface area contributed by atoms with Crippen molar-refractivity contribution in [3.63, 3.8) is 0 Å². The Kier molecular flexibility index (Phi) is 10.9. The molecule has 0 aromatic carbocycles. The van der Waals surface area contributed by atoms with Gasteiger partial charge in [-0.05, 0) is 79.6 Å². The van der Waals surface area contributed by atoms with Crippen LogP contribution in [-0.4, -0.2) is 32.1 Å². The summed E-state index contributed by atoms with van der Waals surface area (Å²) in [5.74, 6) is 1.90. The molecule has 4 heteroatoms. The van der Waals surface area contributed by atoms with Gasteiger partial charge in [-0.25, -0.2) is 3.11 Å². The van der Waals surface area contributed by atoms with E-state index in [1.54, 1.807) is 0 Å². The molecular weight excluding hydrogens is 471 g/mol. The normalized spacial score (nSPS) is 20.1. The van der Waals surface area contributed by atoms with Gasteiger partial charge in [-0.3, -0.25) is 4.79 Å². The van der Waals surface area contributed by atoms with Gasteiger partial charge in [-0.15, -0.1) is 0 Å². The number of hydrogen-bond donors (Lipinski definition) is 1. The van der Waals surface area contributed by atoms with Crippen LogP contribution in [0.3, 0.4) is 0 Å². The molecule has 0 saturated carbocycles. The SMILES string of the molecule is CC(CC(C(C)C(C)NC(C)(C)C)C(C)C(C)N(I)C(C)(C)C)C(=O)C(C)(C)C. The third-order valence-electron chi connectivity index (χ3n) is 6.37. The van der Waals surface area contributed by atoms with Gasteiger partial charge in [0.2, 0.25) is 0 Å². The average molecular weight is 523 g/mol. The molecule has 0 aromatic rings. The summed E-state index contributed by atoms with van der Waals surface area (Å²) < 4.78 is 2.47. The van der Waals surface area contributed by atoms with E-state index < -0.39 is 0 Å². The van der Waals surface area contributed by atoms with Gasteiger partial charge in [0.15, 0.2) is 0 Å². The van der Waals surface area contributed by atoms with Crippen LogP contribution in [0.5, 0.6) is 0 Å². The Balaban J connectivity index is 5.78. The first kappa shape index (κ1) is 29.3. The Morgan fingerprint density at radius 1 is 0.862 bits per heavy atom. The molecule has 174 valence electrons. The van der Waals surface area contributed by atoms with Gasteiger partial charge in [0, 0.05) is 57.4 Å². The molecule has 0 spiro atoms. The van der Waals surface area contributed by atoms with E-state index in [0.29, 0.717) is 35.6 Å². The molecule has 1 N–H and O–H groups in total. The smallest absolute Gasteiger partial charge is 0.141 e. The maximum atomic E-state index is 13.0. The minimum Gasteiger partial charge on any atom is -0.309 e. The van der Waals surface area contributed by atoms with Crippen molar-refractivity contribution in [2.24, 2.45) is 29.1 Å². The summed E-state index contributed by atoms with van der Waals surface area (Å²) in [7, 11) is 0. The maximum Gasteiger partial charge on any atom is 0.141 e. The molecule has 6 unspecified atom stereocenters. The first-order valence-electron chi connectivity index (χ1n) is 11.5. The van der Waals surface area contributed by atoms with Crippen LogP contribution in [0.4, 0.5) is 0 Å². The number of carbonyl (C=O) groups is 1. The van der Waals surface area contributed by atoms with Crippen LogP contribution in [0.2, 0.25) is 0 Å². The zero-order valence-corrected chi connectivity index (χ0v) is 24.1. The molecule has 0 aliphatic rings. The molecule has 0 amide bonds. The van der Waals surface area contributed by atoms with Gasteiger partial charge >= 0.3 is 0 Å². The second-order valence-corrected chi connectivity index (χ2v) is 13.6. The summed E-state index contributed by atoms with van der Waals surface area (Å²) in [6, 6.07) is 0.825. The van der Waals surface area contributed by atoms with Gasteiger partial charge < -0.3 is 5.32 Å². The number of hydrogen-bond acceptors (Lipinski definition) is 3. The molecule has 0 aliphatic carbocycles. The highest BCUT2D eigenvalue weighted by atomic mass is 127. The van der Waals surface area contributed by atoms with E-state index in [-0.39, 0.29) is 22.4 Å². The Bertz CT molecular complexity index is 512. The lowest BCUT2D eigenvalue weighted by Crippen LogP contribution is -2.50. The predicted molar refractivity (Wildman–Crippen MR) is 137 cm³/mol. The number of halogens is 1. The molecule has 29 heavy (non-hydrogen) atoms. The van der Waals surface area contributed by atoms with Gasteiger partial charge in [0.05, 0.1) is 0 Å². The lowest BCUT2D eigenvalue weighted by atomic mass is 9.70. The lowest BCUT2D eigenvalue weighted by molar-refractivity contribution is -0.130. The van der Waals surface area contributed by atoms with E-state index in [4.69, 9.17) is 0 Å². The molecule has 3 nitrogen and oxygen atoms in total. The molecule has 0 aromatic heterocycles. The standard InChI is InChI=1S/C25H51IN2O/c1-16(22(29)23(6,7)8)15-21(17(2)19(4)27-24(9,10)11)18(3)20(5)28(26)25(12,13)14/h16-21,27H,15H2,1-14H3. The zero-order chi connectivity index (χ0) is 23.5. The Labute approximate surface area is 197 Å². The summed E-state index contributed by atoms with van der Waals surface area (Å²) in [5, 5.41) is 3.78. The molecule has 0 saturated heterocycles. The van der Waals surface area contributed by atoms with E-state index in [9.17, 15) is 4.79 Å². The van der Waals surface area contributed by atoms with Crippen LogP contribution in [0.1, 0.15) is 103 Å². The molecular formula is C25H51IN2O. The third kappa shape index (κ3) is 9.55. The minimum atomic E-state index is -0.280. The van der Waals surface area contributed by atoms with Crippen molar-refractivity contribution in [3.05, 3.63) is 0 Å². The van der Waals surface area contributed by atoms with Crippen molar-refractivity contribution in [1.82, 2.24) is 8.43 Å². The zero-order valence-electron chi connectivity index (χ0n) is 21.9. The number of rotatable bonds is 9. The van der Waals surface area contributed by atoms with Crippen LogP contribution in [0.15, 0.2) is 0 Å². The summed E-state index contributed by atoms with van der Waals surface area (Å²) >= 11 is 2.50. The maximum absolute atomic E-state index is 13.0. The second-order valence-electron chi connectivity index (χ2n) is 12.5. The van der Waals surface area contributed by atoms with Crippen molar-refractivity contribution in [3.8, 4) is 0 Å². The fourth-order valence-corrected chi connectivity index (χ4v) is 5.03. The number of Topliss-reactive ketones (excluding diaryl/α,β-unsaturated/α-hetero) is 1. The van der Waals surface area contributed by atoms with Crippen LogP contribution in [-0.2, 0) is 4.79 Å². The average Bonchev–Trinajstić information content (AvgIpc) is 2.52. The number of nitrogens with one attached hydrogen (secondary N) is 1. The Morgan fingerprint density at radius 3 is 1.66 bits per heavy atom. The minimum absolute atomic E-state index is 0.0798. The number of nitrogens with zero attached hydrogens (tertiary/aromatic N) is 1. The molecule has 6 atom stereocenters. The van der Waals surface area contributed by atoms with E-state index in [1.807, 2.05) is 20.8 Å². The lowest BCUT2D eigenvalue weighted by Gasteiger charge is -2.44. The van der Waals surface area contributed by atoms with Crippen molar-refractivity contribution in [2.45, 2.75) is 127 Å². The van der Waals surface area contributed by atoms with Crippen molar-refractivity contribution in [1.29, 1.82) is 0 Å². The van der Waals surface area contributed by atoms with Crippen molar-refractivity contribution >= 4 is 28.6 Å². The highest BCUT2D eigenvalue weighted by Crippen LogP contribution is 2.38. The largest absolute Gasteiger partial charge is 0.309 e. The third-order valence-corrected chi connectivity index (χ3v) is 8.70. The first-order valence-corrected chi connectivity index (χ1v) is 12.4. The highest BCUT2D eigenvalue weighted by Gasteiger charge is 2.38. The summed E-state index contributed by atoms with van der Waals surface area (Å²) in [6.45, 7) is 31.2.